The van der Waals surface area contributed by atoms with E-state index in [0.29, 0.717) is 6.42 Å². The highest BCUT2D eigenvalue weighted by atomic mass is 16.6. The van der Waals surface area contributed by atoms with Gasteiger partial charge in [0.25, 0.3) is 0 Å². The molecule has 0 aliphatic carbocycles. The van der Waals surface area contributed by atoms with Crippen LogP contribution < -0.4 is 0 Å². The summed E-state index contributed by atoms with van der Waals surface area (Å²) in [4.78, 5) is 11.7. The van der Waals surface area contributed by atoms with Crippen molar-refractivity contribution in [3.63, 3.8) is 0 Å². The molecule has 0 aromatic rings. The highest BCUT2D eigenvalue weighted by Crippen LogP contribution is 2.34. The first-order chi connectivity index (χ1) is 8.04. The van der Waals surface area contributed by atoms with E-state index in [0.717, 1.165) is 0 Å². The van der Waals surface area contributed by atoms with Crippen LogP contribution in [0.25, 0.3) is 0 Å². The number of aliphatic hydroxyl groups excluding tert-OH is 2. The summed E-state index contributed by atoms with van der Waals surface area (Å²) < 4.78 is 10.7. The molecule has 0 aromatic carbocycles. The van der Waals surface area contributed by atoms with Crippen molar-refractivity contribution in [2.75, 3.05) is 0 Å². The van der Waals surface area contributed by atoms with Crippen LogP contribution in [0.4, 0.5) is 0 Å². The Bertz CT molecular complexity index is 327. The Morgan fingerprint density at radius 1 is 1.35 bits per heavy atom. The lowest BCUT2D eigenvalue weighted by Crippen LogP contribution is -2.59. The van der Waals surface area contributed by atoms with E-state index in [1.54, 1.807) is 19.1 Å². The van der Waals surface area contributed by atoms with Crippen LogP contribution in [0.15, 0.2) is 12.2 Å². The fourth-order valence-corrected chi connectivity index (χ4v) is 2.49. The maximum atomic E-state index is 11.7. The number of cyclic esters (lactones) is 1. The number of aliphatic hydroxyl groups is 2. The van der Waals surface area contributed by atoms with E-state index in [9.17, 15) is 15.0 Å². The number of ether oxygens (including phenoxy) is 2. The number of carbonyl (C=O) groups is 1. The van der Waals surface area contributed by atoms with Crippen LogP contribution in [0.2, 0.25) is 0 Å². The smallest absolute Gasteiger partial charge is 0.314 e. The summed E-state index contributed by atoms with van der Waals surface area (Å²) in [5.41, 5.74) is 0. The lowest BCUT2D eigenvalue weighted by molar-refractivity contribution is -0.224. The van der Waals surface area contributed by atoms with Gasteiger partial charge in [0.15, 0.2) is 0 Å². The van der Waals surface area contributed by atoms with E-state index in [1.165, 1.54) is 0 Å². The van der Waals surface area contributed by atoms with Gasteiger partial charge in [-0.15, -0.1) is 0 Å². The van der Waals surface area contributed by atoms with Crippen LogP contribution in [-0.2, 0) is 14.3 Å². The van der Waals surface area contributed by atoms with Gasteiger partial charge in [-0.05, 0) is 13.8 Å². The molecule has 2 rings (SSSR count). The predicted molar refractivity (Wildman–Crippen MR) is 59.1 cm³/mol. The largest absolute Gasteiger partial charge is 0.462 e. The van der Waals surface area contributed by atoms with Crippen molar-refractivity contribution in [2.45, 2.75) is 50.8 Å². The molecule has 96 valence electrons. The molecule has 0 radical (unpaired) electrons. The maximum absolute atomic E-state index is 11.7. The zero-order chi connectivity index (χ0) is 12.6. The van der Waals surface area contributed by atoms with E-state index >= 15 is 0 Å². The molecule has 5 nitrogen and oxygen atoms in total. The van der Waals surface area contributed by atoms with Gasteiger partial charge in [-0.3, -0.25) is 4.79 Å². The molecule has 17 heavy (non-hydrogen) atoms. The summed E-state index contributed by atoms with van der Waals surface area (Å²) in [6.45, 7) is 3.60. The number of esters is 1. The second kappa shape index (κ2) is 4.76. The Balaban J connectivity index is 2.19. The number of allylic oxidation sites excluding steroid dienone is 1. The number of rotatable bonds is 1. The van der Waals surface area contributed by atoms with Crippen LogP contribution >= 0.6 is 0 Å². The van der Waals surface area contributed by atoms with Crippen molar-refractivity contribution in [2.24, 2.45) is 5.92 Å². The molecular formula is C12H18O5. The lowest BCUT2D eigenvalue weighted by Gasteiger charge is -2.44. The van der Waals surface area contributed by atoms with Gasteiger partial charge in [0.1, 0.15) is 24.2 Å². The molecule has 6 atom stereocenters. The summed E-state index contributed by atoms with van der Waals surface area (Å²) in [7, 11) is 0. The normalized spacial score (nSPS) is 46.7. The molecule has 0 saturated carbocycles. The van der Waals surface area contributed by atoms with E-state index in [4.69, 9.17) is 9.47 Å². The van der Waals surface area contributed by atoms with Crippen molar-refractivity contribution in [1.29, 1.82) is 0 Å². The molecule has 5 heteroatoms. The van der Waals surface area contributed by atoms with Gasteiger partial charge in [0.05, 0.1) is 12.2 Å². The number of hydrogen-bond acceptors (Lipinski definition) is 5. The Hall–Kier alpha value is -0.910. The topological polar surface area (TPSA) is 76.0 Å². The van der Waals surface area contributed by atoms with E-state index in [1.807, 2.05) is 6.92 Å². The molecule has 2 saturated heterocycles. The second-order valence-corrected chi connectivity index (χ2v) is 4.66. The molecule has 0 bridgehead atoms. The first kappa shape index (κ1) is 12.5. The molecule has 0 unspecified atom stereocenters. The van der Waals surface area contributed by atoms with Crippen molar-refractivity contribution in [3.05, 3.63) is 12.2 Å². The van der Waals surface area contributed by atoms with Gasteiger partial charge < -0.3 is 19.7 Å². The van der Waals surface area contributed by atoms with Crippen LogP contribution in [0, 0.1) is 5.92 Å². The summed E-state index contributed by atoms with van der Waals surface area (Å²) in [5, 5.41) is 19.8. The Kier molecular flexibility index (Phi) is 3.51. The zero-order valence-corrected chi connectivity index (χ0v) is 9.95. The second-order valence-electron chi connectivity index (χ2n) is 4.66. The Morgan fingerprint density at radius 2 is 2.06 bits per heavy atom. The monoisotopic (exact) mass is 242 g/mol. The molecule has 0 amide bonds. The minimum atomic E-state index is -1.13. The van der Waals surface area contributed by atoms with Gasteiger partial charge in [-0.2, -0.15) is 0 Å². The molecule has 2 aliphatic heterocycles. The van der Waals surface area contributed by atoms with Crippen molar-refractivity contribution < 1.29 is 24.5 Å². The Labute approximate surface area is 100 Å². The SMILES string of the molecule is C/C=C/[C@H]1O[C@H]2C[C@@H](C)OC(=O)[C@@H]2[C@@H](O)[C@@H]1O. The van der Waals surface area contributed by atoms with Gasteiger partial charge >= 0.3 is 5.97 Å². The highest BCUT2D eigenvalue weighted by Gasteiger charge is 2.50. The summed E-state index contributed by atoms with van der Waals surface area (Å²) in [6.07, 6.45) is 0.620. The van der Waals surface area contributed by atoms with Crippen LogP contribution in [0.3, 0.4) is 0 Å². The third-order valence-electron chi connectivity index (χ3n) is 3.32. The fourth-order valence-electron chi connectivity index (χ4n) is 2.49. The van der Waals surface area contributed by atoms with Gasteiger partial charge in [-0.25, -0.2) is 0 Å². The molecule has 2 heterocycles. The third-order valence-corrected chi connectivity index (χ3v) is 3.32. The van der Waals surface area contributed by atoms with Gasteiger partial charge in [-0.1, -0.05) is 12.2 Å². The van der Waals surface area contributed by atoms with Crippen molar-refractivity contribution in [1.82, 2.24) is 0 Å². The molecule has 2 N–H and O–H groups in total. The average molecular weight is 242 g/mol. The van der Waals surface area contributed by atoms with Gasteiger partial charge in [0.2, 0.25) is 0 Å². The molecule has 2 aliphatic rings. The first-order valence-corrected chi connectivity index (χ1v) is 5.89. The highest BCUT2D eigenvalue weighted by molar-refractivity contribution is 5.75. The number of carbonyl (C=O) groups excluding carboxylic acids is 1. The summed E-state index contributed by atoms with van der Waals surface area (Å²) in [5.74, 6) is -1.26. The lowest BCUT2D eigenvalue weighted by atomic mass is 9.82. The molecule has 0 spiro atoms. The fraction of sp³-hybridized carbons (Fsp3) is 0.750. The summed E-state index contributed by atoms with van der Waals surface area (Å²) in [6, 6.07) is 0. The van der Waals surface area contributed by atoms with Crippen molar-refractivity contribution in [3.8, 4) is 0 Å². The van der Waals surface area contributed by atoms with Crippen molar-refractivity contribution >= 4 is 5.97 Å². The van der Waals surface area contributed by atoms with E-state index in [2.05, 4.69) is 0 Å². The molecule has 0 aromatic heterocycles. The predicted octanol–water partition coefficient (Wildman–Crippen LogP) is 0.00330. The molecule has 2 fully saturated rings. The van der Waals surface area contributed by atoms with Crippen LogP contribution in [0.5, 0.6) is 0 Å². The van der Waals surface area contributed by atoms with Crippen LogP contribution in [0.1, 0.15) is 20.3 Å². The van der Waals surface area contributed by atoms with Gasteiger partial charge in [0, 0.05) is 6.42 Å². The maximum Gasteiger partial charge on any atom is 0.314 e. The standard InChI is InChI=1S/C12H18O5/c1-3-4-7-10(13)11(14)9-8(17-7)5-6(2)16-12(9)15/h3-4,6-11,13-14H,5H2,1-2H3/b4-3+/t6-,7-,8+,9+,10-,11-/m1/s1. The minimum absolute atomic E-state index is 0.211. The number of hydrogen-bond donors (Lipinski definition) is 2. The van der Waals surface area contributed by atoms with Crippen LogP contribution in [-0.4, -0.2) is 46.7 Å². The number of fused-ring (bicyclic) bond motifs is 1. The van der Waals surface area contributed by atoms with E-state index < -0.39 is 30.2 Å². The minimum Gasteiger partial charge on any atom is -0.462 e. The first-order valence-electron chi connectivity index (χ1n) is 5.89. The summed E-state index contributed by atoms with van der Waals surface area (Å²) >= 11 is 0. The zero-order valence-electron chi connectivity index (χ0n) is 9.95. The molecular weight excluding hydrogens is 224 g/mol. The third kappa shape index (κ3) is 2.22. The van der Waals surface area contributed by atoms with E-state index in [-0.39, 0.29) is 12.2 Å². The quantitative estimate of drug-likeness (QED) is 0.500. The average Bonchev–Trinajstić information content (AvgIpc) is 2.24. The Morgan fingerprint density at radius 3 is 2.71 bits per heavy atom.